The first-order valence-electron chi connectivity index (χ1n) is 13.0. The summed E-state index contributed by atoms with van der Waals surface area (Å²) in [5, 5.41) is 3.57. The molecule has 0 amide bonds. The molecule has 0 saturated heterocycles. The molecular formula is C29H38N6O2S2. The second kappa shape index (κ2) is 11.9. The number of sulfonamides is 1. The van der Waals surface area contributed by atoms with Gasteiger partial charge in [-0.2, -0.15) is 0 Å². The molecular weight excluding hydrogens is 528 g/mol. The second-order valence-corrected chi connectivity index (χ2v) is 13.7. The zero-order valence-electron chi connectivity index (χ0n) is 23.0. The van der Waals surface area contributed by atoms with Crippen LogP contribution < -0.4 is 19.2 Å². The fourth-order valence-corrected chi connectivity index (χ4v) is 7.51. The number of fused-ring (bicyclic) bond motifs is 2. The van der Waals surface area contributed by atoms with Crippen molar-refractivity contribution in [3.63, 3.8) is 0 Å². The Morgan fingerprint density at radius 3 is 1.56 bits per heavy atom. The van der Waals surface area contributed by atoms with Crippen LogP contribution in [0.15, 0.2) is 82.6 Å². The Kier molecular flexibility index (Phi) is 8.80. The highest BCUT2D eigenvalue weighted by molar-refractivity contribution is 7.91. The van der Waals surface area contributed by atoms with Gasteiger partial charge in [-0.3, -0.25) is 9.56 Å². The Balaban J connectivity index is 1.32. The Bertz CT molecular complexity index is 1560. The number of unbranched alkanes of at least 4 members (excludes halogenated alkanes) is 2. The van der Waals surface area contributed by atoms with Crippen LogP contribution in [-0.4, -0.2) is 49.7 Å². The highest BCUT2D eigenvalue weighted by Crippen LogP contribution is 2.31. The minimum atomic E-state index is -3.66. The molecule has 0 heterocycles. The largest absolute Gasteiger partial charge is 0.377 e. The Morgan fingerprint density at radius 2 is 1.03 bits per heavy atom. The van der Waals surface area contributed by atoms with Gasteiger partial charge >= 0.3 is 0 Å². The normalized spacial score (nSPS) is 12.2. The number of nitrogens with one attached hydrogen (secondary N) is 4. The summed E-state index contributed by atoms with van der Waals surface area (Å²) in [5.74, 6) is 0. The molecule has 8 nitrogen and oxygen atoms in total. The predicted molar refractivity (Wildman–Crippen MR) is 165 cm³/mol. The quantitative estimate of drug-likeness (QED) is 0.162. The number of rotatable bonds is 12. The van der Waals surface area contributed by atoms with E-state index in [1.165, 1.54) is 0 Å². The minimum absolute atomic E-state index is 0.287. The molecule has 0 saturated carbocycles. The molecule has 0 unspecified atom stereocenters. The van der Waals surface area contributed by atoms with Crippen molar-refractivity contribution in [3.8, 4) is 0 Å². The lowest BCUT2D eigenvalue weighted by atomic mass is 10.1. The maximum atomic E-state index is 13.1. The van der Waals surface area contributed by atoms with Crippen molar-refractivity contribution in [3.05, 3.63) is 72.8 Å². The van der Waals surface area contributed by atoms with Crippen LogP contribution in [0.3, 0.4) is 0 Å². The Morgan fingerprint density at radius 1 is 0.590 bits per heavy atom. The van der Waals surface area contributed by atoms with E-state index in [-0.39, 0.29) is 4.90 Å². The van der Waals surface area contributed by atoms with Crippen molar-refractivity contribution < 1.29 is 8.42 Å². The third-order valence-corrected chi connectivity index (χ3v) is 9.94. The molecule has 4 N–H and O–H groups in total. The summed E-state index contributed by atoms with van der Waals surface area (Å²) in [6.45, 7) is 0.859. The van der Waals surface area contributed by atoms with Crippen LogP contribution >= 0.6 is 0 Å². The van der Waals surface area contributed by atoms with Crippen LogP contribution in [0.1, 0.15) is 19.3 Å². The van der Waals surface area contributed by atoms with Gasteiger partial charge < -0.3 is 9.80 Å². The summed E-state index contributed by atoms with van der Waals surface area (Å²) in [5.41, 5.74) is 2.04. The molecule has 0 aromatic heterocycles. The fraction of sp³-hybridized carbons (Fsp3) is 0.310. The van der Waals surface area contributed by atoms with Gasteiger partial charge in [0.2, 0.25) is 10.0 Å². The van der Waals surface area contributed by atoms with E-state index in [0.29, 0.717) is 29.8 Å². The first-order valence-corrected chi connectivity index (χ1v) is 16.1. The molecule has 0 spiro atoms. The highest BCUT2D eigenvalue weighted by atomic mass is 32.2. The van der Waals surface area contributed by atoms with E-state index < -0.39 is 19.8 Å². The molecule has 208 valence electrons. The van der Waals surface area contributed by atoms with Gasteiger partial charge in [-0.25, -0.2) is 17.9 Å². The maximum absolute atomic E-state index is 13.1. The summed E-state index contributed by atoms with van der Waals surface area (Å²) in [6, 6.07) is 22.9. The number of benzene rings is 4. The van der Waals surface area contributed by atoms with Gasteiger partial charge in [0, 0.05) is 88.9 Å². The number of nitrogens with zero attached hydrogens (tertiary/aromatic N) is 2. The van der Waals surface area contributed by atoms with E-state index in [4.69, 9.17) is 9.56 Å². The Hall–Kier alpha value is -3.18. The molecule has 0 atom stereocenters. The summed E-state index contributed by atoms with van der Waals surface area (Å²) in [7, 11) is 1.52. The van der Waals surface area contributed by atoms with Crippen LogP contribution in [0, 0.1) is 9.56 Å². The monoisotopic (exact) mass is 566 g/mol. The van der Waals surface area contributed by atoms with Crippen LogP contribution in [0.5, 0.6) is 0 Å². The lowest BCUT2D eigenvalue weighted by molar-refractivity contribution is 0.575. The lowest BCUT2D eigenvalue weighted by Crippen LogP contribution is -2.26. The van der Waals surface area contributed by atoms with E-state index >= 15 is 0 Å². The zero-order valence-corrected chi connectivity index (χ0v) is 24.6. The van der Waals surface area contributed by atoms with Crippen LogP contribution in [0.2, 0.25) is 0 Å². The predicted octanol–water partition coefficient (Wildman–Crippen LogP) is 5.82. The molecule has 0 aliphatic carbocycles. The topological polar surface area (TPSA) is 112 Å². The molecule has 10 heteroatoms. The minimum Gasteiger partial charge on any atom is -0.377 e. The van der Waals surface area contributed by atoms with E-state index in [1.54, 1.807) is 12.1 Å². The number of anilines is 2. The number of hydrogen-bond acceptors (Lipinski definition) is 6. The molecule has 4 rings (SSSR count). The van der Waals surface area contributed by atoms with Gasteiger partial charge in [0.15, 0.2) is 0 Å². The maximum Gasteiger partial charge on any atom is 0.241 e. The van der Waals surface area contributed by atoms with E-state index in [2.05, 4.69) is 9.44 Å². The van der Waals surface area contributed by atoms with Crippen LogP contribution in [-0.2, 0) is 19.8 Å². The average Bonchev–Trinajstić information content (AvgIpc) is 2.90. The third-order valence-electron chi connectivity index (χ3n) is 6.77. The van der Waals surface area contributed by atoms with Crippen LogP contribution in [0.25, 0.3) is 21.5 Å². The van der Waals surface area contributed by atoms with Gasteiger partial charge in [-0.15, -0.1) is 0 Å². The molecule has 39 heavy (non-hydrogen) atoms. The third kappa shape index (κ3) is 6.36. The fourth-order valence-electron chi connectivity index (χ4n) is 4.82. The summed E-state index contributed by atoms with van der Waals surface area (Å²) < 4.78 is 49.6. The van der Waals surface area contributed by atoms with Gasteiger partial charge in [0.05, 0.1) is 4.90 Å². The molecule has 4 aromatic rings. The standard InChI is InChI=1S/C29H38N6O2S2/c1-34(2)26-16-8-14-24-22(26)12-10-18-28(24)38(30,31)32-20-6-5-7-21-33-39(36,37)29-19-11-13-23-25(29)15-9-17-27(23)35(3)4/h8-19,33H,5-7,20-21H2,1-4H3,(H3,30,31,32). The van der Waals surface area contributed by atoms with Crippen LogP contribution in [0.4, 0.5) is 11.4 Å². The van der Waals surface area contributed by atoms with Gasteiger partial charge in [-0.1, -0.05) is 55.0 Å². The van der Waals surface area contributed by atoms with E-state index in [9.17, 15) is 8.42 Å². The molecule has 4 aromatic carbocycles. The van der Waals surface area contributed by atoms with Crippen molar-refractivity contribution in [2.24, 2.45) is 0 Å². The zero-order chi connectivity index (χ0) is 28.2. The molecule has 0 fully saturated rings. The van der Waals surface area contributed by atoms with E-state index in [1.807, 2.05) is 98.7 Å². The molecule has 0 radical (unpaired) electrons. The lowest BCUT2D eigenvalue weighted by Gasteiger charge is -2.19. The van der Waals surface area contributed by atoms with Gasteiger partial charge in [-0.05, 0) is 37.1 Å². The molecule has 0 bridgehead atoms. The average molecular weight is 567 g/mol. The smallest absolute Gasteiger partial charge is 0.241 e. The first kappa shape index (κ1) is 28.8. The second-order valence-electron chi connectivity index (χ2n) is 10.0. The Labute approximate surface area is 232 Å². The summed E-state index contributed by atoms with van der Waals surface area (Å²) >= 11 is 0. The van der Waals surface area contributed by atoms with Gasteiger partial charge in [0.1, 0.15) is 0 Å². The summed E-state index contributed by atoms with van der Waals surface area (Å²) in [6.07, 6.45) is 2.21. The van der Waals surface area contributed by atoms with Crippen molar-refractivity contribution in [1.29, 1.82) is 9.56 Å². The SMILES string of the molecule is CN(C)c1cccc2c(S(=N)(=N)NCCCCCNS(=O)(=O)c3cccc4c(N(C)C)cccc34)cccc12. The molecule has 0 aliphatic heterocycles. The van der Waals surface area contributed by atoms with Crippen molar-refractivity contribution >= 4 is 52.7 Å². The van der Waals surface area contributed by atoms with Crippen molar-refractivity contribution in [2.45, 2.75) is 29.1 Å². The van der Waals surface area contributed by atoms with Crippen molar-refractivity contribution in [1.82, 2.24) is 9.44 Å². The van der Waals surface area contributed by atoms with E-state index in [0.717, 1.165) is 40.4 Å². The number of hydrogen-bond donors (Lipinski definition) is 4. The van der Waals surface area contributed by atoms with Gasteiger partial charge in [0.25, 0.3) is 0 Å². The van der Waals surface area contributed by atoms with Crippen molar-refractivity contribution in [2.75, 3.05) is 51.1 Å². The highest BCUT2D eigenvalue weighted by Gasteiger charge is 2.18. The first-order chi connectivity index (χ1) is 18.5. The molecule has 0 aliphatic rings. The summed E-state index contributed by atoms with van der Waals surface area (Å²) in [4.78, 5) is 5.00.